The number of ether oxygens (including phenoxy) is 3. The highest BCUT2D eigenvalue weighted by molar-refractivity contribution is 7.89. The molecule has 0 aromatic heterocycles. The van der Waals surface area contributed by atoms with E-state index in [2.05, 4.69) is 9.46 Å². The highest BCUT2D eigenvalue weighted by atomic mass is 32.2. The smallest absolute Gasteiger partial charge is 0.337 e. The number of rotatable bonds is 9. The van der Waals surface area contributed by atoms with Crippen molar-refractivity contribution in [3.8, 4) is 11.5 Å². The fourth-order valence-electron chi connectivity index (χ4n) is 3.20. The quantitative estimate of drug-likeness (QED) is 0.494. The zero-order chi connectivity index (χ0) is 23.1. The van der Waals surface area contributed by atoms with E-state index in [9.17, 15) is 13.2 Å². The lowest BCUT2D eigenvalue weighted by molar-refractivity contribution is 0.0600. The van der Waals surface area contributed by atoms with E-state index in [1.54, 1.807) is 26.4 Å². The van der Waals surface area contributed by atoms with Gasteiger partial charge in [-0.3, -0.25) is 0 Å². The molecule has 3 aromatic rings. The van der Waals surface area contributed by atoms with Gasteiger partial charge in [0.2, 0.25) is 10.0 Å². The maximum atomic E-state index is 13.1. The number of sulfonamides is 1. The van der Waals surface area contributed by atoms with Crippen LogP contribution in [0.3, 0.4) is 0 Å². The second-order valence-electron chi connectivity index (χ2n) is 7.02. The molecule has 0 aliphatic carbocycles. The summed E-state index contributed by atoms with van der Waals surface area (Å²) in [5.74, 6) is 0.872. The Balaban J connectivity index is 1.89. The topological polar surface area (TPSA) is 90.9 Å². The molecular formula is C24H25NO6S. The molecule has 1 N–H and O–H groups in total. The van der Waals surface area contributed by atoms with Gasteiger partial charge in [-0.2, -0.15) is 0 Å². The van der Waals surface area contributed by atoms with Gasteiger partial charge < -0.3 is 14.2 Å². The Morgan fingerprint density at radius 1 is 0.812 bits per heavy atom. The minimum absolute atomic E-state index is 0.0541. The molecule has 0 heterocycles. The fraction of sp³-hybridized carbons (Fsp3) is 0.208. The Hall–Kier alpha value is -3.36. The first-order valence-corrected chi connectivity index (χ1v) is 11.3. The molecule has 0 spiro atoms. The van der Waals surface area contributed by atoms with Gasteiger partial charge in [0, 0.05) is 0 Å². The van der Waals surface area contributed by atoms with Gasteiger partial charge in [0.1, 0.15) is 11.5 Å². The van der Waals surface area contributed by atoms with Crippen molar-refractivity contribution in [3.05, 3.63) is 89.5 Å². The fourth-order valence-corrected chi connectivity index (χ4v) is 4.43. The van der Waals surface area contributed by atoms with Gasteiger partial charge in [0.25, 0.3) is 0 Å². The number of esters is 1. The number of methoxy groups -OCH3 is 3. The molecule has 8 heteroatoms. The molecule has 0 aliphatic heterocycles. The van der Waals surface area contributed by atoms with Crippen LogP contribution < -0.4 is 14.2 Å². The van der Waals surface area contributed by atoms with E-state index in [1.165, 1.54) is 31.4 Å². The van der Waals surface area contributed by atoms with Crippen molar-refractivity contribution in [1.82, 2.24) is 4.72 Å². The molecule has 0 saturated heterocycles. The van der Waals surface area contributed by atoms with Gasteiger partial charge in [-0.1, -0.05) is 24.3 Å². The van der Waals surface area contributed by atoms with E-state index in [0.717, 1.165) is 16.9 Å². The van der Waals surface area contributed by atoms with Crippen LogP contribution in [0.4, 0.5) is 0 Å². The standard InChI is InChI=1S/C24H25NO6S/c1-29-20-10-4-17(5-11-20)16-23(18-6-12-21(30-2)13-7-18)25-32(27,28)22-14-8-19(9-15-22)24(26)31-3/h4-15,23,25H,16H2,1-3H3/t23-/m0/s1. The zero-order valence-corrected chi connectivity index (χ0v) is 18.9. The summed E-state index contributed by atoms with van der Waals surface area (Å²) >= 11 is 0. The third-order valence-electron chi connectivity index (χ3n) is 5.00. The first-order chi connectivity index (χ1) is 15.4. The molecule has 3 rings (SSSR count). The molecule has 1 atom stereocenters. The van der Waals surface area contributed by atoms with Crippen LogP contribution in [-0.4, -0.2) is 35.7 Å². The Morgan fingerprint density at radius 3 is 1.84 bits per heavy atom. The van der Waals surface area contributed by atoms with Crippen LogP contribution in [0.15, 0.2) is 77.7 Å². The van der Waals surface area contributed by atoms with E-state index < -0.39 is 22.0 Å². The lowest BCUT2D eigenvalue weighted by Crippen LogP contribution is -2.30. The van der Waals surface area contributed by atoms with E-state index in [0.29, 0.717) is 12.2 Å². The predicted molar refractivity (Wildman–Crippen MR) is 121 cm³/mol. The van der Waals surface area contributed by atoms with E-state index in [1.807, 2.05) is 36.4 Å². The summed E-state index contributed by atoms with van der Waals surface area (Å²) in [6.45, 7) is 0. The average Bonchev–Trinajstić information content (AvgIpc) is 2.83. The molecule has 32 heavy (non-hydrogen) atoms. The van der Waals surface area contributed by atoms with Gasteiger partial charge >= 0.3 is 5.97 Å². The maximum absolute atomic E-state index is 13.1. The Bertz CT molecular complexity index is 1140. The largest absolute Gasteiger partial charge is 0.497 e. The molecule has 0 amide bonds. The first-order valence-electron chi connectivity index (χ1n) is 9.84. The summed E-state index contributed by atoms with van der Waals surface area (Å²) in [7, 11) is 0.573. The molecule has 0 saturated carbocycles. The summed E-state index contributed by atoms with van der Waals surface area (Å²) in [6, 6.07) is 19.8. The normalized spacial score (nSPS) is 12.1. The summed E-state index contributed by atoms with van der Waals surface area (Å²) in [4.78, 5) is 11.7. The monoisotopic (exact) mass is 455 g/mol. The highest BCUT2D eigenvalue weighted by Crippen LogP contribution is 2.25. The Labute approximate surface area is 188 Å². The highest BCUT2D eigenvalue weighted by Gasteiger charge is 2.22. The lowest BCUT2D eigenvalue weighted by Gasteiger charge is -2.20. The van der Waals surface area contributed by atoms with E-state index >= 15 is 0 Å². The minimum atomic E-state index is -3.86. The lowest BCUT2D eigenvalue weighted by atomic mass is 9.99. The van der Waals surface area contributed by atoms with Crippen LogP contribution in [-0.2, 0) is 21.2 Å². The van der Waals surface area contributed by atoms with Crippen molar-refractivity contribution in [3.63, 3.8) is 0 Å². The summed E-state index contributed by atoms with van der Waals surface area (Å²) < 4.78 is 44.1. The van der Waals surface area contributed by atoms with E-state index in [-0.39, 0.29) is 10.5 Å². The molecule has 0 bridgehead atoms. The second-order valence-corrected chi connectivity index (χ2v) is 8.73. The van der Waals surface area contributed by atoms with Gasteiger partial charge in [-0.05, 0) is 66.1 Å². The van der Waals surface area contributed by atoms with E-state index in [4.69, 9.17) is 9.47 Å². The molecular weight excluding hydrogens is 430 g/mol. The number of benzene rings is 3. The van der Waals surface area contributed by atoms with Crippen LogP contribution >= 0.6 is 0 Å². The van der Waals surface area contributed by atoms with Crippen molar-refractivity contribution < 1.29 is 27.4 Å². The second kappa shape index (κ2) is 10.3. The van der Waals surface area contributed by atoms with Gasteiger partial charge in [0.15, 0.2) is 0 Å². The molecule has 0 fully saturated rings. The third kappa shape index (κ3) is 5.66. The van der Waals surface area contributed by atoms with Crippen LogP contribution in [0.5, 0.6) is 11.5 Å². The Morgan fingerprint density at radius 2 is 1.34 bits per heavy atom. The summed E-state index contributed by atoms with van der Waals surface area (Å²) in [6.07, 6.45) is 0.426. The van der Waals surface area contributed by atoms with Gasteiger partial charge in [0.05, 0.1) is 37.8 Å². The van der Waals surface area contributed by atoms with Gasteiger partial charge in [-0.25, -0.2) is 17.9 Å². The average molecular weight is 456 g/mol. The predicted octanol–water partition coefficient (Wildman–Crippen LogP) is 3.75. The van der Waals surface area contributed by atoms with Crippen molar-refractivity contribution in [1.29, 1.82) is 0 Å². The molecule has 3 aromatic carbocycles. The Kier molecular flexibility index (Phi) is 7.50. The third-order valence-corrected chi connectivity index (χ3v) is 6.49. The molecule has 0 aliphatic rings. The number of carbonyl (C=O) groups excluding carboxylic acids is 1. The maximum Gasteiger partial charge on any atom is 0.337 e. The number of hydrogen-bond acceptors (Lipinski definition) is 6. The van der Waals surface area contributed by atoms with Crippen molar-refractivity contribution in [2.45, 2.75) is 17.4 Å². The molecule has 7 nitrogen and oxygen atoms in total. The number of hydrogen-bond donors (Lipinski definition) is 1. The number of nitrogens with one attached hydrogen (secondary N) is 1. The van der Waals surface area contributed by atoms with Crippen LogP contribution in [0.2, 0.25) is 0 Å². The summed E-state index contributed by atoms with van der Waals surface area (Å²) in [5.41, 5.74) is 2.00. The SMILES string of the molecule is COC(=O)c1ccc(S(=O)(=O)N[C@@H](Cc2ccc(OC)cc2)c2ccc(OC)cc2)cc1. The first kappa shape index (κ1) is 23.3. The van der Waals surface area contributed by atoms with Crippen molar-refractivity contribution in [2.75, 3.05) is 21.3 Å². The van der Waals surface area contributed by atoms with Crippen molar-refractivity contribution >= 4 is 16.0 Å². The van der Waals surface area contributed by atoms with Crippen LogP contribution in [0, 0.1) is 0 Å². The number of carbonyl (C=O) groups is 1. The van der Waals surface area contributed by atoms with Crippen LogP contribution in [0.25, 0.3) is 0 Å². The zero-order valence-electron chi connectivity index (χ0n) is 18.1. The molecule has 168 valence electrons. The molecule has 0 radical (unpaired) electrons. The van der Waals surface area contributed by atoms with Crippen molar-refractivity contribution in [2.24, 2.45) is 0 Å². The van der Waals surface area contributed by atoms with Gasteiger partial charge in [-0.15, -0.1) is 0 Å². The summed E-state index contributed by atoms with van der Waals surface area (Å²) in [5, 5.41) is 0. The molecule has 0 unspecified atom stereocenters. The minimum Gasteiger partial charge on any atom is -0.497 e. The van der Waals surface area contributed by atoms with Crippen LogP contribution in [0.1, 0.15) is 27.5 Å².